The number of thioether (sulfide) groups is 1. The number of rotatable bonds is 4. The summed E-state index contributed by atoms with van der Waals surface area (Å²) in [4.78, 5) is 28.7. The third kappa shape index (κ3) is 2.92. The Morgan fingerprint density at radius 3 is 2.95 bits per heavy atom. The van der Waals surface area contributed by atoms with E-state index in [1.54, 1.807) is 4.57 Å². The maximum absolute atomic E-state index is 12.3. The Kier molecular flexibility index (Phi) is 4.29. The Hall–Kier alpha value is -2.08. The van der Waals surface area contributed by atoms with Crippen molar-refractivity contribution in [2.24, 2.45) is 0 Å². The van der Waals surface area contributed by atoms with Gasteiger partial charge in [-0.3, -0.25) is 14.2 Å². The first kappa shape index (κ1) is 14.8. The van der Waals surface area contributed by atoms with E-state index in [2.05, 4.69) is 10.3 Å². The van der Waals surface area contributed by atoms with Crippen LogP contribution in [0.4, 0.5) is 0 Å². The largest absolute Gasteiger partial charge is 0.351 e. The maximum atomic E-state index is 12.3. The van der Waals surface area contributed by atoms with Gasteiger partial charge in [0.1, 0.15) is 5.56 Å². The van der Waals surface area contributed by atoms with Crippen molar-refractivity contribution in [2.75, 3.05) is 12.3 Å². The van der Waals surface area contributed by atoms with Crippen molar-refractivity contribution in [1.82, 2.24) is 14.9 Å². The predicted octanol–water partition coefficient (Wildman–Crippen LogP) is 1.88. The number of fused-ring (bicyclic) bond motifs is 1. The second kappa shape index (κ2) is 6.36. The number of aromatic nitrogens is 2. The Balaban J connectivity index is 1.69. The predicted molar refractivity (Wildman–Crippen MR) is 86.4 cm³/mol. The first-order chi connectivity index (χ1) is 10.7. The van der Waals surface area contributed by atoms with Crippen LogP contribution in [0, 0.1) is 0 Å². The minimum atomic E-state index is -0.354. The molecule has 1 atom stereocenters. The molecular formula is C16H17N3O2S. The Labute approximate surface area is 132 Å². The average Bonchev–Trinajstić information content (AvgIpc) is 3.03. The van der Waals surface area contributed by atoms with Gasteiger partial charge in [-0.1, -0.05) is 49.0 Å². The Bertz CT molecular complexity index is 743. The molecule has 1 aliphatic rings. The number of hydrogen-bond donors (Lipinski definition) is 1. The summed E-state index contributed by atoms with van der Waals surface area (Å²) in [6, 6.07) is 9.97. The molecule has 1 N–H and O–H groups in total. The highest BCUT2D eigenvalue weighted by Gasteiger charge is 2.20. The molecule has 0 radical (unpaired) electrons. The van der Waals surface area contributed by atoms with Crippen molar-refractivity contribution in [3.63, 3.8) is 0 Å². The van der Waals surface area contributed by atoms with Gasteiger partial charge in [-0.05, 0) is 11.5 Å². The summed E-state index contributed by atoms with van der Waals surface area (Å²) in [6.07, 6.45) is 1.38. The average molecular weight is 315 g/mol. The van der Waals surface area contributed by atoms with Gasteiger partial charge in [-0.2, -0.15) is 0 Å². The van der Waals surface area contributed by atoms with Gasteiger partial charge in [0.15, 0.2) is 5.16 Å². The molecule has 2 aromatic rings. The molecule has 5 nitrogen and oxygen atoms in total. The molecule has 1 aliphatic heterocycles. The monoisotopic (exact) mass is 315 g/mol. The first-order valence-electron chi connectivity index (χ1n) is 7.22. The number of carbonyl (C=O) groups excluding carboxylic acids is 1. The van der Waals surface area contributed by atoms with E-state index in [0.717, 1.165) is 11.3 Å². The van der Waals surface area contributed by atoms with Crippen LogP contribution in [-0.2, 0) is 6.54 Å². The first-order valence-corrected chi connectivity index (χ1v) is 8.21. The van der Waals surface area contributed by atoms with E-state index in [0.29, 0.717) is 18.2 Å². The van der Waals surface area contributed by atoms with E-state index >= 15 is 0 Å². The highest BCUT2D eigenvalue weighted by atomic mass is 32.2. The molecule has 0 saturated carbocycles. The lowest BCUT2D eigenvalue weighted by molar-refractivity contribution is 0.0948. The second-order valence-corrected chi connectivity index (χ2v) is 6.34. The molecule has 2 heterocycles. The van der Waals surface area contributed by atoms with Crippen molar-refractivity contribution < 1.29 is 4.79 Å². The highest BCUT2D eigenvalue weighted by Crippen LogP contribution is 2.20. The summed E-state index contributed by atoms with van der Waals surface area (Å²) in [5.74, 6) is 0.663. The summed E-state index contributed by atoms with van der Waals surface area (Å²) in [5, 5.41) is 3.52. The third-order valence-corrected chi connectivity index (χ3v) is 4.71. The van der Waals surface area contributed by atoms with Crippen LogP contribution < -0.4 is 10.9 Å². The van der Waals surface area contributed by atoms with Crippen LogP contribution in [0.2, 0.25) is 0 Å². The number of nitrogens with one attached hydrogen (secondary N) is 1. The molecule has 3 rings (SSSR count). The van der Waals surface area contributed by atoms with Crippen LogP contribution in [0.1, 0.15) is 28.8 Å². The van der Waals surface area contributed by atoms with Crippen LogP contribution in [0.25, 0.3) is 0 Å². The lowest BCUT2D eigenvalue weighted by atomic mass is 10.0. The fourth-order valence-electron chi connectivity index (χ4n) is 2.41. The van der Waals surface area contributed by atoms with Gasteiger partial charge in [0.05, 0.1) is 0 Å². The third-order valence-electron chi connectivity index (χ3n) is 3.74. The molecule has 1 aromatic carbocycles. The van der Waals surface area contributed by atoms with E-state index in [-0.39, 0.29) is 22.9 Å². The maximum Gasteiger partial charge on any atom is 0.267 e. The molecule has 0 saturated heterocycles. The zero-order valence-corrected chi connectivity index (χ0v) is 13.1. The molecule has 0 aliphatic carbocycles. The van der Waals surface area contributed by atoms with Crippen molar-refractivity contribution in [3.05, 3.63) is 58.0 Å². The summed E-state index contributed by atoms with van der Waals surface area (Å²) < 4.78 is 1.57. The van der Waals surface area contributed by atoms with E-state index in [1.165, 1.54) is 18.0 Å². The van der Waals surface area contributed by atoms with Gasteiger partial charge in [0.2, 0.25) is 0 Å². The lowest BCUT2D eigenvalue weighted by Gasteiger charge is -2.13. The number of benzene rings is 1. The van der Waals surface area contributed by atoms with Crippen molar-refractivity contribution >= 4 is 17.7 Å². The molecule has 0 spiro atoms. The molecule has 0 unspecified atom stereocenters. The number of carbonyl (C=O) groups is 1. The van der Waals surface area contributed by atoms with Crippen LogP contribution >= 0.6 is 11.8 Å². The fraction of sp³-hybridized carbons (Fsp3) is 0.312. The number of hydrogen-bond acceptors (Lipinski definition) is 4. The van der Waals surface area contributed by atoms with E-state index in [9.17, 15) is 9.59 Å². The van der Waals surface area contributed by atoms with Crippen LogP contribution in [0.3, 0.4) is 0 Å². The summed E-state index contributed by atoms with van der Waals surface area (Å²) in [5.41, 5.74) is 1.02. The Morgan fingerprint density at radius 2 is 2.18 bits per heavy atom. The molecule has 1 amide bonds. The topological polar surface area (TPSA) is 64.0 Å². The van der Waals surface area contributed by atoms with Gasteiger partial charge in [-0.25, -0.2) is 4.98 Å². The van der Waals surface area contributed by atoms with Gasteiger partial charge < -0.3 is 5.32 Å². The van der Waals surface area contributed by atoms with Crippen LogP contribution in [-0.4, -0.2) is 27.8 Å². The molecule has 114 valence electrons. The minimum Gasteiger partial charge on any atom is -0.351 e. The van der Waals surface area contributed by atoms with Gasteiger partial charge >= 0.3 is 0 Å². The fourth-order valence-corrected chi connectivity index (χ4v) is 3.33. The smallest absolute Gasteiger partial charge is 0.267 e. The van der Waals surface area contributed by atoms with Crippen LogP contribution in [0.15, 0.2) is 46.5 Å². The normalized spacial score (nSPS) is 14.4. The van der Waals surface area contributed by atoms with E-state index in [4.69, 9.17) is 0 Å². The minimum absolute atomic E-state index is 0.117. The number of amides is 1. The van der Waals surface area contributed by atoms with Gasteiger partial charge in [0, 0.05) is 25.0 Å². The quantitative estimate of drug-likeness (QED) is 0.875. The Morgan fingerprint density at radius 1 is 1.41 bits per heavy atom. The SMILES string of the molecule is C[C@H](CNC(=O)c1cnc2n(c1=O)CCS2)c1ccccc1. The molecule has 0 bridgehead atoms. The van der Waals surface area contributed by atoms with Gasteiger partial charge in [0.25, 0.3) is 11.5 Å². The van der Waals surface area contributed by atoms with Crippen molar-refractivity contribution in [3.8, 4) is 0 Å². The standard InChI is InChI=1S/C16H17N3O2S/c1-11(12-5-3-2-4-6-12)9-17-14(20)13-10-18-16-19(15(13)21)7-8-22-16/h2-6,10-11H,7-9H2,1H3,(H,17,20)/t11-/m1/s1. The molecule has 22 heavy (non-hydrogen) atoms. The zero-order valence-electron chi connectivity index (χ0n) is 12.3. The van der Waals surface area contributed by atoms with E-state index < -0.39 is 0 Å². The molecule has 6 heteroatoms. The molecule has 0 fully saturated rings. The summed E-state index contributed by atoms with van der Waals surface area (Å²) in [7, 11) is 0. The summed E-state index contributed by atoms with van der Waals surface area (Å²) in [6.45, 7) is 3.15. The molecular weight excluding hydrogens is 298 g/mol. The number of nitrogens with zero attached hydrogens (tertiary/aromatic N) is 2. The van der Waals surface area contributed by atoms with E-state index in [1.807, 2.05) is 37.3 Å². The van der Waals surface area contributed by atoms with Crippen molar-refractivity contribution in [1.29, 1.82) is 0 Å². The molecule has 1 aromatic heterocycles. The second-order valence-electron chi connectivity index (χ2n) is 5.28. The summed E-state index contributed by atoms with van der Waals surface area (Å²) >= 11 is 1.54. The van der Waals surface area contributed by atoms with Crippen LogP contribution in [0.5, 0.6) is 0 Å². The highest BCUT2D eigenvalue weighted by molar-refractivity contribution is 7.99. The zero-order chi connectivity index (χ0) is 15.5. The lowest BCUT2D eigenvalue weighted by Crippen LogP contribution is -2.35. The van der Waals surface area contributed by atoms with Crippen molar-refractivity contribution in [2.45, 2.75) is 24.5 Å². The van der Waals surface area contributed by atoms with Gasteiger partial charge in [-0.15, -0.1) is 0 Å².